The summed E-state index contributed by atoms with van der Waals surface area (Å²) in [6, 6.07) is 0.990. The van der Waals surface area contributed by atoms with Crippen LogP contribution in [0, 0.1) is 5.92 Å². The molecule has 5 heteroatoms. The molecule has 0 aromatic carbocycles. The number of hydrogen-bond acceptors (Lipinski definition) is 3. The van der Waals surface area contributed by atoms with Crippen LogP contribution in [0.5, 0.6) is 0 Å². The third kappa shape index (κ3) is 2.38. The van der Waals surface area contributed by atoms with Crippen molar-refractivity contribution < 1.29 is 4.79 Å². The Bertz CT molecular complexity index is 200. The lowest BCUT2D eigenvalue weighted by Gasteiger charge is -2.40. The van der Waals surface area contributed by atoms with Crippen molar-refractivity contribution in [2.75, 3.05) is 20.1 Å². The lowest BCUT2D eigenvalue weighted by Crippen LogP contribution is -2.60. The number of amides is 1. The number of carbonyl (C=O) groups is 1. The summed E-state index contributed by atoms with van der Waals surface area (Å²) in [5.41, 5.74) is 0. The average molecular weight is 220 g/mol. The molecular formula is C9H18ClN3O. The van der Waals surface area contributed by atoms with E-state index in [0.29, 0.717) is 12.1 Å². The predicted molar refractivity (Wildman–Crippen MR) is 57.6 cm³/mol. The molecule has 0 spiro atoms. The van der Waals surface area contributed by atoms with Crippen molar-refractivity contribution in [3.8, 4) is 0 Å². The Balaban J connectivity index is 0.000000980. The summed E-state index contributed by atoms with van der Waals surface area (Å²) in [5, 5.41) is 9.63. The molecule has 4 nitrogen and oxygen atoms in total. The quantitative estimate of drug-likeness (QED) is 0.557. The second kappa shape index (κ2) is 4.96. The zero-order chi connectivity index (χ0) is 9.26. The zero-order valence-electron chi connectivity index (χ0n) is 8.38. The second-order valence-corrected chi connectivity index (χ2v) is 4.00. The first-order valence-electron chi connectivity index (χ1n) is 4.98. The van der Waals surface area contributed by atoms with E-state index in [-0.39, 0.29) is 24.2 Å². The SMILES string of the molecule is CNC(=O)C1CC2CNCC(C1)N2.Cl. The Kier molecular flexibility index (Phi) is 4.16. The molecule has 0 radical (unpaired) electrons. The van der Waals surface area contributed by atoms with Crippen molar-refractivity contribution >= 4 is 18.3 Å². The highest BCUT2D eigenvalue weighted by molar-refractivity contribution is 5.85. The molecular weight excluding hydrogens is 202 g/mol. The average Bonchev–Trinajstić information content (AvgIpc) is 2.16. The van der Waals surface area contributed by atoms with Crippen molar-refractivity contribution in [3.63, 3.8) is 0 Å². The van der Waals surface area contributed by atoms with Crippen molar-refractivity contribution in [3.05, 3.63) is 0 Å². The maximum atomic E-state index is 11.4. The van der Waals surface area contributed by atoms with Crippen LogP contribution in [-0.2, 0) is 4.79 Å². The van der Waals surface area contributed by atoms with E-state index in [4.69, 9.17) is 0 Å². The molecule has 0 aliphatic carbocycles. The molecule has 2 aliphatic rings. The Morgan fingerprint density at radius 2 is 1.86 bits per heavy atom. The summed E-state index contributed by atoms with van der Waals surface area (Å²) >= 11 is 0. The van der Waals surface area contributed by atoms with Crippen LogP contribution >= 0.6 is 12.4 Å². The summed E-state index contributed by atoms with van der Waals surface area (Å²) in [7, 11) is 1.72. The van der Waals surface area contributed by atoms with Crippen molar-refractivity contribution in [1.29, 1.82) is 0 Å². The number of piperazine rings is 1. The highest BCUT2D eigenvalue weighted by atomic mass is 35.5. The molecule has 0 aromatic rings. The lowest BCUT2D eigenvalue weighted by molar-refractivity contribution is -0.126. The molecule has 2 rings (SSSR count). The van der Waals surface area contributed by atoms with E-state index in [1.165, 1.54) is 0 Å². The molecule has 2 unspecified atom stereocenters. The molecule has 2 fully saturated rings. The first-order valence-corrected chi connectivity index (χ1v) is 4.98. The fourth-order valence-corrected chi connectivity index (χ4v) is 2.39. The minimum Gasteiger partial charge on any atom is -0.359 e. The topological polar surface area (TPSA) is 53.2 Å². The molecule has 2 atom stereocenters. The van der Waals surface area contributed by atoms with E-state index >= 15 is 0 Å². The molecule has 1 amide bonds. The highest BCUT2D eigenvalue weighted by Gasteiger charge is 2.33. The smallest absolute Gasteiger partial charge is 0.222 e. The van der Waals surface area contributed by atoms with E-state index in [9.17, 15) is 4.79 Å². The van der Waals surface area contributed by atoms with Crippen LogP contribution in [0.1, 0.15) is 12.8 Å². The Morgan fingerprint density at radius 3 is 2.36 bits per heavy atom. The van der Waals surface area contributed by atoms with Crippen molar-refractivity contribution in [2.45, 2.75) is 24.9 Å². The monoisotopic (exact) mass is 219 g/mol. The van der Waals surface area contributed by atoms with Gasteiger partial charge in [0.15, 0.2) is 0 Å². The Morgan fingerprint density at radius 1 is 1.29 bits per heavy atom. The van der Waals surface area contributed by atoms with Gasteiger partial charge in [0.1, 0.15) is 0 Å². The molecule has 2 saturated heterocycles. The van der Waals surface area contributed by atoms with Gasteiger partial charge in [0.05, 0.1) is 0 Å². The fraction of sp³-hybridized carbons (Fsp3) is 0.889. The molecule has 0 saturated carbocycles. The molecule has 0 aromatic heterocycles. The van der Waals surface area contributed by atoms with Gasteiger partial charge < -0.3 is 16.0 Å². The number of rotatable bonds is 1. The van der Waals surface area contributed by atoms with Crippen LogP contribution in [0.3, 0.4) is 0 Å². The van der Waals surface area contributed by atoms with E-state index < -0.39 is 0 Å². The zero-order valence-corrected chi connectivity index (χ0v) is 9.19. The lowest BCUT2D eigenvalue weighted by atomic mass is 9.85. The van der Waals surface area contributed by atoms with Crippen molar-refractivity contribution in [2.24, 2.45) is 5.92 Å². The Hall–Kier alpha value is -0.320. The normalized spacial score (nSPS) is 35.6. The van der Waals surface area contributed by atoms with Crippen molar-refractivity contribution in [1.82, 2.24) is 16.0 Å². The summed E-state index contributed by atoms with van der Waals surface area (Å²) in [5.74, 6) is 0.432. The second-order valence-electron chi connectivity index (χ2n) is 4.00. The van der Waals surface area contributed by atoms with Gasteiger partial charge in [0, 0.05) is 38.1 Å². The van der Waals surface area contributed by atoms with Gasteiger partial charge in [0.25, 0.3) is 0 Å². The van der Waals surface area contributed by atoms with Gasteiger partial charge in [-0.3, -0.25) is 4.79 Å². The van der Waals surface area contributed by atoms with Crippen LogP contribution in [0.15, 0.2) is 0 Å². The van der Waals surface area contributed by atoms with Crippen LogP contribution in [0.25, 0.3) is 0 Å². The third-order valence-corrected chi connectivity index (χ3v) is 3.01. The Labute approximate surface area is 90.6 Å². The number of carbonyl (C=O) groups excluding carboxylic acids is 1. The van der Waals surface area contributed by atoms with Gasteiger partial charge >= 0.3 is 0 Å². The molecule has 3 N–H and O–H groups in total. The first kappa shape index (κ1) is 11.8. The molecule has 14 heavy (non-hydrogen) atoms. The van der Waals surface area contributed by atoms with Gasteiger partial charge in [-0.25, -0.2) is 0 Å². The summed E-state index contributed by atoms with van der Waals surface area (Å²) < 4.78 is 0. The molecule has 82 valence electrons. The number of fused-ring (bicyclic) bond motifs is 2. The maximum Gasteiger partial charge on any atom is 0.222 e. The summed E-state index contributed by atoms with van der Waals surface area (Å²) in [4.78, 5) is 11.4. The third-order valence-electron chi connectivity index (χ3n) is 3.01. The largest absolute Gasteiger partial charge is 0.359 e. The molecule has 2 aliphatic heterocycles. The summed E-state index contributed by atoms with van der Waals surface area (Å²) in [6.07, 6.45) is 1.95. The van der Waals surface area contributed by atoms with Gasteiger partial charge in [0.2, 0.25) is 5.91 Å². The fourth-order valence-electron chi connectivity index (χ4n) is 2.39. The van der Waals surface area contributed by atoms with E-state index in [1.807, 2.05) is 0 Å². The number of nitrogens with one attached hydrogen (secondary N) is 3. The van der Waals surface area contributed by atoms with Gasteiger partial charge in [-0.2, -0.15) is 0 Å². The van der Waals surface area contributed by atoms with Gasteiger partial charge in [-0.05, 0) is 12.8 Å². The highest BCUT2D eigenvalue weighted by Crippen LogP contribution is 2.22. The van der Waals surface area contributed by atoms with E-state index in [2.05, 4.69) is 16.0 Å². The van der Waals surface area contributed by atoms with Crippen LogP contribution in [0.4, 0.5) is 0 Å². The minimum absolute atomic E-state index is 0. The number of hydrogen-bond donors (Lipinski definition) is 3. The van der Waals surface area contributed by atoms with E-state index in [0.717, 1.165) is 25.9 Å². The first-order chi connectivity index (χ1) is 6.29. The minimum atomic E-state index is 0. The van der Waals surface area contributed by atoms with Gasteiger partial charge in [-0.1, -0.05) is 0 Å². The van der Waals surface area contributed by atoms with E-state index in [1.54, 1.807) is 7.05 Å². The van der Waals surface area contributed by atoms with Crippen LogP contribution < -0.4 is 16.0 Å². The molecule has 2 heterocycles. The van der Waals surface area contributed by atoms with Gasteiger partial charge in [-0.15, -0.1) is 12.4 Å². The van der Waals surface area contributed by atoms with Crippen LogP contribution in [-0.4, -0.2) is 38.1 Å². The number of piperidine rings is 1. The van der Waals surface area contributed by atoms with Crippen LogP contribution in [0.2, 0.25) is 0 Å². The summed E-state index contributed by atoms with van der Waals surface area (Å²) in [6.45, 7) is 2.01. The predicted octanol–water partition coefficient (Wildman–Crippen LogP) is -0.506. The number of halogens is 1. The molecule has 2 bridgehead atoms. The maximum absolute atomic E-state index is 11.4. The standard InChI is InChI=1S/C9H17N3O.ClH/c1-10-9(13)6-2-7-4-11-5-8(3-6)12-7;/h6-8,11-12H,2-5H2,1H3,(H,10,13);1H.